The summed E-state index contributed by atoms with van der Waals surface area (Å²) in [4.78, 5) is 16.8. The van der Waals surface area contributed by atoms with Crippen LogP contribution < -0.4 is 5.32 Å². The van der Waals surface area contributed by atoms with Crippen LogP contribution in [0.5, 0.6) is 0 Å². The normalized spacial score (nSPS) is 19.5. The van der Waals surface area contributed by atoms with Gasteiger partial charge in [0, 0.05) is 26.1 Å². The summed E-state index contributed by atoms with van der Waals surface area (Å²) in [7, 11) is 4.18. The molecule has 2 aliphatic rings. The summed E-state index contributed by atoms with van der Waals surface area (Å²) in [6.45, 7) is 4.81. The zero-order valence-electron chi connectivity index (χ0n) is 15.3. The molecule has 0 atom stereocenters. The Morgan fingerprint density at radius 3 is 2.36 bits per heavy atom. The standard InChI is InChI=1S/C19H29N3O.2ClH/c1-21(2)13-16-5-3-4-6-17(16)14-22-15-19(8-7-18(22)23)9-11-20-12-10-19;;/h3-6,20H,7-15H2,1-2H3;2*1H. The number of piperidine rings is 2. The fraction of sp³-hybridized carbons (Fsp3) is 0.632. The summed E-state index contributed by atoms with van der Waals surface area (Å²) in [5, 5.41) is 3.45. The highest BCUT2D eigenvalue weighted by Gasteiger charge is 2.39. The van der Waals surface area contributed by atoms with Crippen molar-refractivity contribution in [2.75, 3.05) is 33.7 Å². The predicted octanol–water partition coefficient (Wildman–Crippen LogP) is 3.08. The number of likely N-dealkylation sites (tertiary alicyclic amines) is 1. The Morgan fingerprint density at radius 2 is 1.72 bits per heavy atom. The second kappa shape index (κ2) is 9.77. The summed E-state index contributed by atoms with van der Waals surface area (Å²) in [5.41, 5.74) is 2.98. The third kappa shape index (κ3) is 5.58. The Hall–Kier alpha value is -0.810. The summed E-state index contributed by atoms with van der Waals surface area (Å²) in [6, 6.07) is 8.54. The van der Waals surface area contributed by atoms with E-state index in [0.29, 0.717) is 11.3 Å². The molecule has 2 heterocycles. The van der Waals surface area contributed by atoms with E-state index in [0.717, 1.165) is 45.6 Å². The average Bonchev–Trinajstić information content (AvgIpc) is 2.53. The van der Waals surface area contributed by atoms with Crippen LogP contribution in [-0.2, 0) is 17.9 Å². The molecule has 1 amide bonds. The number of halogens is 2. The Labute approximate surface area is 164 Å². The van der Waals surface area contributed by atoms with Gasteiger partial charge in [-0.2, -0.15) is 0 Å². The maximum Gasteiger partial charge on any atom is 0.222 e. The second-order valence-electron chi connectivity index (χ2n) is 7.51. The second-order valence-corrected chi connectivity index (χ2v) is 7.51. The molecule has 0 bridgehead atoms. The first-order valence-electron chi connectivity index (χ1n) is 8.78. The molecule has 0 radical (unpaired) electrons. The number of amides is 1. The largest absolute Gasteiger partial charge is 0.338 e. The summed E-state index contributed by atoms with van der Waals surface area (Å²) in [6.07, 6.45) is 4.20. The van der Waals surface area contributed by atoms with E-state index in [-0.39, 0.29) is 24.8 Å². The van der Waals surface area contributed by atoms with Gasteiger partial charge in [0.15, 0.2) is 0 Å². The van der Waals surface area contributed by atoms with Gasteiger partial charge < -0.3 is 15.1 Å². The topological polar surface area (TPSA) is 35.6 Å². The van der Waals surface area contributed by atoms with E-state index in [2.05, 4.69) is 53.5 Å². The number of rotatable bonds is 4. The maximum absolute atomic E-state index is 12.5. The van der Waals surface area contributed by atoms with Gasteiger partial charge in [-0.3, -0.25) is 4.79 Å². The van der Waals surface area contributed by atoms with Gasteiger partial charge in [0.25, 0.3) is 0 Å². The molecular weight excluding hydrogens is 357 g/mol. The van der Waals surface area contributed by atoms with Gasteiger partial charge in [-0.15, -0.1) is 24.8 Å². The third-order valence-electron chi connectivity index (χ3n) is 5.38. The van der Waals surface area contributed by atoms with Crippen LogP contribution >= 0.6 is 24.8 Å². The van der Waals surface area contributed by atoms with Crippen LogP contribution in [0.4, 0.5) is 0 Å². The highest BCUT2D eigenvalue weighted by molar-refractivity contribution is 5.85. The van der Waals surface area contributed by atoms with Crippen molar-refractivity contribution in [1.82, 2.24) is 15.1 Å². The number of hydrogen-bond acceptors (Lipinski definition) is 3. The van der Waals surface area contributed by atoms with Gasteiger partial charge in [0.2, 0.25) is 5.91 Å². The first-order chi connectivity index (χ1) is 11.1. The van der Waals surface area contributed by atoms with E-state index >= 15 is 0 Å². The number of hydrogen-bond donors (Lipinski definition) is 1. The van der Waals surface area contributed by atoms with E-state index in [1.165, 1.54) is 24.0 Å². The molecule has 0 unspecified atom stereocenters. The van der Waals surface area contributed by atoms with E-state index in [9.17, 15) is 4.79 Å². The van der Waals surface area contributed by atoms with E-state index < -0.39 is 0 Å². The molecule has 1 spiro atoms. The molecule has 3 rings (SSSR count). The number of carbonyl (C=O) groups is 1. The van der Waals surface area contributed by atoms with Crippen LogP contribution in [0.25, 0.3) is 0 Å². The number of nitrogens with one attached hydrogen (secondary N) is 1. The Morgan fingerprint density at radius 1 is 1.08 bits per heavy atom. The predicted molar refractivity (Wildman–Crippen MR) is 108 cm³/mol. The van der Waals surface area contributed by atoms with Crippen LogP contribution in [0, 0.1) is 5.41 Å². The van der Waals surface area contributed by atoms with Crippen LogP contribution in [0.3, 0.4) is 0 Å². The van der Waals surface area contributed by atoms with Crippen LogP contribution in [0.2, 0.25) is 0 Å². The van der Waals surface area contributed by atoms with Gasteiger partial charge in [-0.1, -0.05) is 24.3 Å². The van der Waals surface area contributed by atoms with Crippen molar-refractivity contribution in [3.63, 3.8) is 0 Å². The molecule has 1 aromatic carbocycles. The minimum absolute atomic E-state index is 0. The lowest BCUT2D eigenvalue weighted by Crippen LogP contribution is -2.50. The van der Waals surface area contributed by atoms with Crippen molar-refractivity contribution in [2.45, 2.75) is 38.8 Å². The summed E-state index contributed by atoms with van der Waals surface area (Å²) in [5.74, 6) is 0.328. The van der Waals surface area contributed by atoms with E-state index in [1.54, 1.807) is 0 Å². The summed E-state index contributed by atoms with van der Waals surface area (Å²) >= 11 is 0. The van der Waals surface area contributed by atoms with Crippen LogP contribution in [-0.4, -0.2) is 49.4 Å². The van der Waals surface area contributed by atoms with Gasteiger partial charge in [0.05, 0.1) is 0 Å². The Balaban J connectivity index is 0.00000156. The fourth-order valence-corrected chi connectivity index (χ4v) is 4.02. The third-order valence-corrected chi connectivity index (χ3v) is 5.38. The van der Waals surface area contributed by atoms with Crippen molar-refractivity contribution >= 4 is 30.7 Å². The highest BCUT2D eigenvalue weighted by Crippen LogP contribution is 2.39. The molecule has 6 heteroatoms. The SMILES string of the molecule is CN(C)Cc1ccccc1CN1CC2(CCNCC2)CCC1=O.Cl.Cl. The molecule has 0 aliphatic carbocycles. The molecule has 4 nitrogen and oxygen atoms in total. The fourth-order valence-electron chi connectivity index (χ4n) is 4.02. The van der Waals surface area contributed by atoms with Crippen molar-refractivity contribution in [3.05, 3.63) is 35.4 Å². The molecule has 2 fully saturated rings. The minimum atomic E-state index is 0. The Kier molecular flexibility index (Phi) is 8.69. The highest BCUT2D eigenvalue weighted by atomic mass is 35.5. The van der Waals surface area contributed by atoms with E-state index in [1.807, 2.05) is 0 Å². The minimum Gasteiger partial charge on any atom is -0.338 e. The van der Waals surface area contributed by atoms with Crippen molar-refractivity contribution in [2.24, 2.45) is 5.41 Å². The lowest BCUT2D eigenvalue weighted by molar-refractivity contribution is -0.139. The van der Waals surface area contributed by atoms with Crippen LogP contribution in [0.15, 0.2) is 24.3 Å². The molecule has 25 heavy (non-hydrogen) atoms. The molecule has 142 valence electrons. The molecule has 2 aliphatic heterocycles. The van der Waals surface area contributed by atoms with Gasteiger partial charge in [-0.25, -0.2) is 0 Å². The molecule has 1 aromatic rings. The summed E-state index contributed by atoms with van der Waals surface area (Å²) < 4.78 is 0. The number of carbonyl (C=O) groups excluding carboxylic acids is 1. The quantitative estimate of drug-likeness (QED) is 0.861. The van der Waals surface area contributed by atoms with Crippen molar-refractivity contribution in [1.29, 1.82) is 0 Å². The number of benzene rings is 1. The molecular formula is C19H31Cl2N3O. The first kappa shape index (κ1) is 22.2. The first-order valence-corrected chi connectivity index (χ1v) is 8.78. The monoisotopic (exact) mass is 387 g/mol. The Bertz CT molecular complexity index is 559. The van der Waals surface area contributed by atoms with Gasteiger partial charge in [-0.05, 0) is 63.0 Å². The molecule has 0 saturated carbocycles. The average molecular weight is 388 g/mol. The molecule has 1 N–H and O–H groups in total. The molecule has 0 aromatic heterocycles. The maximum atomic E-state index is 12.5. The van der Waals surface area contributed by atoms with Gasteiger partial charge >= 0.3 is 0 Å². The van der Waals surface area contributed by atoms with Crippen molar-refractivity contribution < 1.29 is 4.79 Å². The lowest BCUT2D eigenvalue weighted by atomic mass is 9.72. The number of nitrogens with zero attached hydrogens (tertiary/aromatic N) is 2. The van der Waals surface area contributed by atoms with Crippen molar-refractivity contribution in [3.8, 4) is 0 Å². The molecule has 2 saturated heterocycles. The van der Waals surface area contributed by atoms with E-state index in [4.69, 9.17) is 0 Å². The smallest absolute Gasteiger partial charge is 0.222 e. The lowest BCUT2D eigenvalue weighted by Gasteiger charge is -2.45. The zero-order valence-corrected chi connectivity index (χ0v) is 16.9. The van der Waals surface area contributed by atoms with Crippen LogP contribution in [0.1, 0.15) is 36.8 Å². The van der Waals surface area contributed by atoms with Gasteiger partial charge in [0.1, 0.15) is 0 Å². The zero-order chi connectivity index (χ0) is 16.3.